The van der Waals surface area contributed by atoms with E-state index in [0.717, 1.165) is 19.4 Å². The molecule has 2 rings (SSSR count). The van der Waals surface area contributed by atoms with E-state index in [0.29, 0.717) is 13.1 Å². The number of hydrogen-bond acceptors (Lipinski definition) is 2. The zero-order valence-corrected chi connectivity index (χ0v) is 12.8. The van der Waals surface area contributed by atoms with Crippen LogP contribution in [0.25, 0.3) is 0 Å². The topological polar surface area (TPSA) is 32.3 Å². The molecule has 1 unspecified atom stereocenters. The highest BCUT2D eigenvalue weighted by Crippen LogP contribution is 2.31. The van der Waals surface area contributed by atoms with Crippen molar-refractivity contribution in [2.24, 2.45) is 5.92 Å². The van der Waals surface area contributed by atoms with Crippen molar-refractivity contribution >= 4 is 18.3 Å². The van der Waals surface area contributed by atoms with Crippen LogP contribution in [-0.4, -0.2) is 37.5 Å². The summed E-state index contributed by atoms with van der Waals surface area (Å²) in [5, 5.41) is 3.04. The van der Waals surface area contributed by atoms with Gasteiger partial charge < -0.3 is 10.2 Å². The van der Waals surface area contributed by atoms with Crippen molar-refractivity contribution in [3.63, 3.8) is 0 Å². The fourth-order valence-corrected chi connectivity index (χ4v) is 2.67. The number of nitrogens with one attached hydrogen (secondary N) is 1. The van der Waals surface area contributed by atoms with Gasteiger partial charge in [0.05, 0.1) is 0 Å². The molecule has 1 N–H and O–H groups in total. The first-order chi connectivity index (χ1) is 9.55. The first kappa shape index (κ1) is 17.9. The van der Waals surface area contributed by atoms with Crippen LogP contribution in [-0.2, 0) is 10.7 Å². The van der Waals surface area contributed by atoms with Gasteiger partial charge in [-0.05, 0) is 32.4 Å². The Balaban J connectivity index is 0.00000220. The molecule has 1 aromatic carbocycles. The predicted octanol–water partition coefficient (Wildman–Crippen LogP) is 2.66. The molecule has 0 aromatic heterocycles. The maximum absolute atomic E-state index is 14.2. The number of nitrogens with zero attached hydrogens (tertiary/aromatic N) is 1. The maximum Gasteiger partial charge on any atom is 0.349 e. The highest BCUT2D eigenvalue weighted by Gasteiger charge is 2.44. The Morgan fingerprint density at radius 2 is 2.05 bits per heavy atom. The van der Waals surface area contributed by atoms with E-state index < -0.39 is 11.8 Å². The van der Waals surface area contributed by atoms with Crippen molar-refractivity contribution in [3.05, 3.63) is 35.9 Å². The molecule has 1 saturated heterocycles. The van der Waals surface area contributed by atoms with E-state index in [1.54, 1.807) is 6.07 Å². The molecular weight excluding hydrogens is 298 g/mol. The summed E-state index contributed by atoms with van der Waals surface area (Å²) in [5.41, 5.74) is -0.235. The van der Waals surface area contributed by atoms with Gasteiger partial charge in [-0.3, -0.25) is 4.79 Å². The lowest BCUT2D eigenvalue weighted by Gasteiger charge is -2.34. The van der Waals surface area contributed by atoms with Gasteiger partial charge >= 0.3 is 5.92 Å². The molecule has 0 spiro atoms. The van der Waals surface area contributed by atoms with Crippen molar-refractivity contribution in [1.82, 2.24) is 10.2 Å². The van der Waals surface area contributed by atoms with Crippen molar-refractivity contribution in [2.75, 3.05) is 26.7 Å². The lowest BCUT2D eigenvalue weighted by molar-refractivity contribution is -0.160. The van der Waals surface area contributed by atoms with E-state index in [1.807, 2.05) is 7.05 Å². The molecule has 21 heavy (non-hydrogen) atoms. The monoisotopic (exact) mass is 318 g/mol. The van der Waals surface area contributed by atoms with Gasteiger partial charge in [-0.15, -0.1) is 12.4 Å². The molecule has 6 heteroatoms. The van der Waals surface area contributed by atoms with Crippen molar-refractivity contribution in [1.29, 1.82) is 0 Å². The zero-order valence-electron chi connectivity index (χ0n) is 12.0. The molecule has 0 bridgehead atoms. The molecular formula is C15H21ClF2N2O. The summed E-state index contributed by atoms with van der Waals surface area (Å²) in [6, 6.07) is 7.31. The maximum atomic E-state index is 14.2. The smallest absolute Gasteiger partial charge is 0.337 e. The molecule has 0 radical (unpaired) electrons. The molecule has 1 aliphatic heterocycles. The minimum Gasteiger partial charge on any atom is -0.337 e. The van der Waals surface area contributed by atoms with Crippen molar-refractivity contribution < 1.29 is 13.6 Å². The third-order valence-electron chi connectivity index (χ3n) is 3.70. The van der Waals surface area contributed by atoms with Gasteiger partial charge in [-0.1, -0.05) is 30.3 Å². The Hall–Kier alpha value is -1.20. The first-order valence-corrected chi connectivity index (χ1v) is 6.93. The van der Waals surface area contributed by atoms with Crippen LogP contribution in [0.5, 0.6) is 0 Å². The third-order valence-corrected chi connectivity index (χ3v) is 3.70. The van der Waals surface area contributed by atoms with E-state index in [1.165, 1.54) is 29.2 Å². The molecule has 3 nitrogen and oxygen atoms in total. The van der Waals surface area contributed by atoms with Crippen LogP contribution < -0.4 is 5.32 Å². The molecule has 118 valence electrons. The lowest BCUT2D eigenvalue weighted by atomic mass is 9.96. The van der Waals surface area contributed by atoms with Crippen molar-refractivity contribution in [2.45, 2.75) is 18.8 Å². The Kier molecular flexibility index (Phi) is 6.55. The molecule has 0 saturated carbocycles. The Morgan fingerprint density at radius 3 is 2.67 bits per heavy atom. The number of carbonyl (C=O) groups excluding carboxylic acids is 1. The number of alkyl halides is 2. The number of likely N-dealkylation sites (tertiary alicyclic amines) is 1. The third kappa shape index (κ3) is 4.14. The van der Waals surface area contributed by atoms with E-state index in [-0.39, 0.29) is 23.9 Å². The average Bonchev–Trinajstić information content (AvgIpc) is 2.48. The number of rotatable bonds is 4. The van der Waals surface area contributed by atoms with E-state index in [4.69, 9.17) is 0 Å². The molecule has 0 aliphatic carbocycles. The van der Waals surface area contributed by atoms with Gasteiger partial charge in [0.25, 0.3) is 5.91 Å². The summed E-state index contributed by atoms with van der Waals surface area (Å²) in [5.74, 6) is -4.27. The van der Waals surface area contributed by atoms with E-state index in [9.17, 15) is 13.6 Å². The quantitative estimate of drug-likeness (QED) is 0.925. The fraction of sp³-hybridized carbons (Fsp3) is 0.533. The molecule has 1 aromatic rings. The van der Waals surface area contributed by atoms with Crippen LogP contribution in [0, 0.1) is 5.92 Å². The van der Waals surface area contributed by atoms with Gasteiger partial charge in [-0.25, -0.2) is 0 Å². The number of piperidine rings is 1. The summed E-state index contributed by atoms with van der Waals surface area (Å²) >= 11 is 0. The van der Waals surface area contributed by atoms with Crippen LogP contribution in [0.3, 0.4) is 0 Å². The summed E-state index contributed by atoms with van der Waals surface area (Å²) < 4.78 is 28.5. The number of halogens is 3. The van der Waals surface area contributed by atoms with E-state index in [2.05, 4.69) is 5.32 Å². The summed E-state index contributed by atoms with van der Waals surface area (Å²) in [6.45, 7) is 1.57. The van der Waals surface area contributed by atoms with Gasteiger partial charge in [0, 0.05) is 18.7 Å². The van der Waals surface area contributed by atoms with Crippen LogP contribution in [0.15, 0.2) is 30.3 Å². The van der Waals surface area contributed by atoms with E-state index >= 15 is 0 Å². The Morgan fingerprint density at radius 1 is 1.38 bits per heavy atom. The van der Waals surface area contributed by atoms with Gasteiger partial charge in [0.2, 0.25) is 0 Å². The lowest BCUT2D eigenvalue weighted by Crippen LogP contribution is -2.48. The summed E-state index contributed by atoms with van der Waals surface area (Å²) in [6.07, 6.45) is 1.75. The van der Waals surface area contributed by atoms with Crippen LogP contribution in [0.4, 0.5) is 8.78 Å². The summed E-state index contributed by atoms with van der Waals surface area (Å²) in [7, 11) is 1.83. The normalized spacial score (nSPS) is 19.0. The number of amides is 1. The number of benzene rings is 1. The number of carbonyl (C=O) groups is 1. The predicted molar refractivity (Wildman–Crippen MR) is 80.8 cm³/mol. The number of hydrogen-bond donors (Lipinski definition) is 1. The molecule has 1 atom stereocenters. The SMILES string of the molecule is CNCC1CCCN(C(=O)C(F)(F)c2ccccc2)C1.Cl. The molecule has 1 aliphatic rings. The fourth-order valence-electron chi connectivity index (χ4n) is 2.67. The highest BCUT2D eigenvalue weighted by atomic mass is 35.5. The highest BCUT2D eigenvalue weighted by molar-refractivity contribution is 5.85. The molecule has 1 heterocycles. The summed E-state index contributed by atoms with van der Waals surface area (Å²) in [4.78, 5) is 13.4. The van der Waals surface area contributed by atoms with Gasteiger partial charge in [-0.2, -0.15) is 8.78 Å². The van der Waals surface area contributed by atoms with Crippen LogP contribution in [0.1, 0.15) is 18.4 Å². The minimum absolute atomic E-state index is 0. The first-order valence-electron chi connectivity index (χ1n) is 6.93. The standard InChI is InChI=1S/C15H20F2N2O.ClH/c1-18-10-12-6-5-9-19(11-12)14(20)15(16,17)13-7-3-2-4-8-13;/h2-4,7-8,12,18H,5-6,9-11H2,1H3;1H. The van der Waals surface area contributed by atoms with Gasteiger partial charge in [0.15, 0.2) is 0 Å². The average molecular weight is 319 g/mol. The second-order valence-corrected chi connectivity index (χ2v) is 5.26. The zero-order chi connectivity index (χ0) is 14.6. The minimum atomic E-state index is -3.44. The van der Waals surface area contributed by atoms with Crippen LogP contribution >= 0.6 is 12.4 Å². The van der Waals surface area contributed by atoms with Crippen LogP contribution in [0.2, 0.25) is 0 Å². The largest absolute Gasteiger partial charge is 0.349 e. The Bertz CT molecular complexity index is 454. The second kappa shape index (κ2) is 7.71. The second-order valence-electron chi connectivity index (χ2n) is 5.26. The Labute approximate surface area is 130 Å². The molecule has 1 amide bonds. The van der Waals surface area contributed by atoms with Gasteiger partial charge in [0.1, 0.15) is 0 Å². The van der Waals surface area contributed by atoms with Crippen molar-refractivity contribution in [3.8, 4) is 0 Å². The molecule has 1 fully saturated rings.